The molecule has 1 aromatic rings. The number of hydrogen-bond acceptors (Lipinski definition) is 4. The molecule has 0 radical (unpaired) electrons. The highest BCUT2D eigenvalue weighted by Crippen LogP contribution is 2.38. The number of pyridine rings is 1. The van der Waals surface area contributed by atoms with Gasteiger partial charge in [0.15, 0.2) is 5.96 Å². The Kier molecular flexibility index (Phi) is 7.55. The first-order chi connectivity index (χ1) is 12.4. The third-order valence-electron chi connectivity index (χ3n) is 4.95. The first-order valence-electron chi connectivity index (χ1n) is 8.73. The van der Waals surface area contributed by atoms with E-state index >= 15 is 0 Å². The van der Waals surface area contributed by atoms with Gasteiger partial charge in [0.25, 0.3) is 0 Å². The van der Waals surface area contributed by atoms with Crippen molar-refractivity contribution >= 4 is 35.8 Å². The largest absolute Gasteiger partial charge is 0.419 e. The highest BCUT2D eigenvalue weighted by Gasteiger charge is 2.42. The van der Waals surface area contributed by atoms with Crippen LogP contribution < -0.4 is 10.6 Å². The fourth-order valence-electron chi connectivity index (χ4n) is 3.55. The van der Waals surface area contributed by atoms with Gasteiger partial charge in [0.2, 0.25) is 0 Å². The smallest absolute Gasteiger partial charge is 0.381 e. The van der Waals surface area contributed by atoms with E-state index in [-0.39, 0.29) is 35.2 Å². The van der Waals surface area contributed by atoms with E-state index in [1.54, 1.807) is 7.05 Å². The highest BCUT2D eigenvalue weighted by molar-refractivity contribution is 14.0. The van der Waals surface area contributed by atoms with Gasteiger partial charge in [-0.25, -0.2) is 4.98 Å². The quantitative estimate of drug-likeness (QED) is 0.289. The molecule has 2 fully saturated rings. The molecule has 2 N–H and O–H groups in total. The number of hydrogen-bond donors (Lipinski definition) is 2. The van der Waals surface area contributed by atoms with Gasteiger partial charge >= 0.3 is 6.18 Å². The fraction of sp³-hybridized carbons (Fsp3) is 0.647. The predicted octanol–water partition coefficient (Wildman–Crippen LogP) is 2.82. The van der Waals surface area contributed by atoms with Crippen molar-refractivity contribution in [1.29, 1.82) is 0 Å². The minimum absolute atomic E-state index is 0. The highest BCUT2D eigenvalue weighted by atomic mass is 127. The molecule has 2 aliphatic rings. The summed E-state index contributed by atoms with van der Waals surface area (Å²) in [4.78, 5) is 10.3. The molecule has 0 bridgehead atoms. The monoisotopic (exact) mass is 499 g/mol. The average molecular weight is 499 g/mol. The number of nitrogens with one attached hydrogen (secondary N) is 2. The van der Waals surface area contributed by atoms with E-state index in [0.717, 1.165) is 51.2 Å². The zero-order valence-electron chi connectivity index (χ0n) is 15.2. The van der Waals surface area contributed by atoms with Crippen molar-refractivity contribution in [3.05, 3.63) is 23.9 Å². The number of alkyl halides is 3. The molecule has 0 aromatic carbocycles. The number of halogens is 4. The molecule has 1 aromatic heterocycles. The molecular formula is C17H25F3IN5O. The number of aromatic nitrogens is 1. The maximum atomic E-state index is 13.0. The van der Waals surface area contributed by atoms with Crippen molar-refractivity contribution < 1.29 is 17.9 Å². The second kappa shape index (κ2) is 9.26. The lowest BCUT2D eigenvalue weighted by molar-refractivity contribution is -0.137. The summed E-state index contributed by atoms with van der Waals surface area (Å²) in [7, 11) is 1.71. The molecule has 2 saturated heterocycles. The number of aliphatic imine (C=N–C) groups is 1. The maximum absolute atomic E-state index is 13.0. The molecule has 1 unspecified atom stereocenters. The van der Waals surface area contributed by atoms with Gasteiger partial charge in [-0.2, -0.15) is 13.2 Å². The van der Waals surface area contributed by atoms with Crippen molar-refractivity contribution in [3.63, 3.8) is 0 Å². The Morgan fingerprint density at radius 1 is 1.37 bits per heavy atom. The van der Waals surface area contributed by atoms with Crippen LogP contribution in [-0.4, -0.2) is 62.3 Å². The Bertz CT molecular complexity index is 650. The number of likely N-dealkylation sites (tertiary alicyclic amines) is 1. The minimum atomic E-state index is -4.42. The Labute approximate surface area is 174 Å². The molecule has 6 nitrogen and oxygen atoms in total. The van der Waals surface area contributed by atoms with E-state index in [9.17, 15) is 13.2 Å². The van der Waals surface area contributed by atoms with Gasteiger partial charge in [0.05, 0.1) is 12.2 Å². The van der Waals surface area contributed by atoms with E-state index in [1.165, 1.54) is 12.3 Å². The molecule has 0 amide bonds. The van der Waals surface area contributed by atoms with Crippen molar-refractivity contribution in [1.82, 2.24) is 15.2 Å². The Hall–Kier alpha value is -1.30. The summed E-state index contributed by atoms with van der Waals surface area (Å²) in [6, 6.07) is 2.30. The fourth-order valence-corrected chi connectivity index (χ4v) is 3.55. The second-order valence-corrected chi connectivity index (χ2v) is 6.77. The molecular weight excluding hydrogens is 474 g/mol. The van der Waals surface area contributed by atoms with E-state index in [0.29, 0.717) is 13.1 Å². The van der Waals surface area contributed by atoms with Gasteiger partial charge in [-0.1, -0.05) is 0 Å². The van der Waals surface area contributed by atoms with Gasteiger partial charge < -0.3 is 20.3 Å². The average Bonchev–Trinajstić information content (AvgIpc) is 3.25. The van der Waals surface area contributed by atoms with Crippen LogP contribution in [0.2, 0.25) is 0 Å². The number of guanidine groups is 1. The maximum Gasteiger partial charge on any atom is 0.419 e. The van der Waals surface area contributed by atoms with E-state index < -0.39 is 11.7 Å². The van der Waals surface area contributed by atoms with Crippen molar-refractivity contribution in [2.45, 2.75) is 19.0 Å². The van der Waals surface area contributed by atoms with Gasteiger partial charge in [0.1, 0.15) is 5.82 Å². The summed E-state index contributed by atoms with van der Waals surface area (Å²) in [5.74, 6) is 0.618. The minimum Gasteiger partial charge on any atom is -0.381 e. The lowest BCUT2D eigenvalue weighted by atomic mass is 9.87. The molecule has 2 aliphatic heterocycles. The first kappa shape index (κ1) is 22.0. The molecule has 0 saturated carbocycles. The molecule has 10 heteroatoms. The van der Waals surface area contributed by atoms with Crippen molar-refractivity contribution in [3.8, 4) is 0 Å². The standard InChI is InChI=1S/C17H24F3N5O.HI/c1-21-15(25-9-4-16(11-25)5-10-26-12-16)24-8-7-23-14-13(17(18,19)20)3-2-6-22-14;/h2-3,6H,4-5,7-12H2,1H3,(H,21,24)(H,22,23);1H. The SMILES string of the molecule is CN=C(NCCNc1ncccc1C(F)(F)F)N1CCC2(CCOC2)C1.I. The molecule has 1 atom stereocenters. The van der Waals surface area contributed by atoms with Crippen LogP contribution in [0.1, 0.15) is 18.4 Å². The summed E-state index contributed by atoms with van der Waals surface area (Å²) in [6.07, 6.45) is -0.929. The second-order valence-electron chi connectivity index (χ2n) is 6.77. The Balaban J connectivity index is 0.00000261. The van der Waals surface area contributed by atoms with Crippen LogP contribution in [0.5, 0.6) is 0 Å². The zero-order chi connectivity index (χ0) is 18.6. The molecule has 3 rings (SSSR count). The molecule has 0 aliphatic carbocycles. The molecule has 152 valence electrons. The summed E-state index contributed by atoms with van der Waals surface area (Å²) in [6.45, 7) is 4.17. The number of rotatable bonds is 4. The van der Waals surface area contributed by atoms with Gasteiger partial charge in [-0.15, -0.1) is 24.0 Å². The van der Waals surface area contributed by atoms with E-state index in [1.807, 2.05) is 0 Å². The van der Waals surface area contributed by atoms with E-state index in [2.05, 4.69) is 25.5 Å². The van der Waals surface area contributed by atoms with Crippen LogP contribution in [0, 0.1) is 5.41 Å². The Morgan fingerprint density at radius 2 is 2.19 bits per heavy atom. The lowest BCUT2D eigenvalue weighted by Crippen LogP contribution is -2.43. The van der Waals surface area contributed by atoms with E-state index in [4.69, 9.17) is 4.74 Å². The lowest BCUT2D eigenvalue weighted by Gasteiger charge is -2.25. The summed E-state index contributed by atoms with van der Waals surface area (Å²) >= 11 is 0. The number of anilines is 1. The third kappa shape index (κ3) is 5.37. The van der Waals surface area contributed by atoms with Gasteiger partial charge in [-0.05, 0) is 25.0 Å². The van der Waals surface area contributed by atoms with Crippen LogP contribution in [0.25, 0.3) is 0 Å². The predicted molar refractivity (Wildman–Crippen MR) is 109 cm³/mol. The first-order valence-corrected chi connectivity index (χ1v) is 8.73. The van der Waals surface area contributed by atoms with Crippen LogP contribution in [0.15, 0.2) is 23.3 Å². The normalized spacial score (nSPS) is 22.8. The van der Waals surface area contributed by atoms with Crippen LogP contribution in [-0.2, 0) is 10.9 Å². The molecule has 3 heterocycles. The van der Waals surface area contributed by atoms with Crippen molar-refractivity contribution in [2.75, 3.05) is 51.8 Å². The van der Waals surface area contributed by atoms with Crippen LogP contribution >= 0.6 is 24.0 Å². The summed E-state index contributed by atoms with van der Waals surface area (Å²) in [5.41, 5.74) is -0.530. The molecule has 27 heavy (non-hydrogen) atoms. The molecule has 1 spiro atoms. The van der Waals surface area contributed by atoms with Gasteiger partial charge in [0, 0.05) is 51.4 Å². The van der Waals surface area contributed by atoms with Crippen LogP contribution in [0.3, 0.4) is 0 Å². The summed E-state index contributed by atoms with van der Waals surface area (Å²) < 4.78 is 44.4. The topological polar surface area (TPSA) is 61.8 Å². The zero-order valence-corrected chi connectivity index (χ0v) is 17.5. The van der Waals surface area contributed by atoms with Crippen LogP contribution in [0.4, 0.5) is 19.0 Å². The number of nitrogens with zero attached hydrogens (tertiary/aromatic N) is 3. The summed E-state index contributed by atoms with van der Waals surface area (Å²) in [5, 5.41) is 5.96. The van der Waals surface area contributed by atoms with Gasteiger partial charge in [-0.3, -0.25) is 4.99 Å². The van der Waals surface area contributed by atoms with Crippen molar-refractivity contribution in [2.24, 2.45) is 10.4 Å². The number of ether oxygens (including phenoxy) is 1. The third-order valence-corrected chi connectivity index (χ3v) is 4.95. The Morgan fingerprint density at radius 3 is 2.85 bits per heavy atom.